The van der Waals surface area contributed by atoms with Crippen molar-refractivity contribution in [1.82, 2.24) is 5.32 Å². The highest BCUT2D eigenvalue weighted by molar-refractivity contribution is 4.80. The van der Waals surface area contributed by atoms with Crippen molar-refractivity contribution in [3.8, 4) is 0 Å². The van der Waals surface area contributed by atoms with Crippen molar-refractivity contribution in [2.45, 2.75) is 18.9 Å². The molecule has 84 valence electrons. The molecule has 2 unspecified atom stereocenters. The van der Waals surface area contributed by atoms with Gasteiger partial charge in [-0.2, -0.15) is 0 Å². The van der Waals surface area contributed by atoms with Gasteiger partial charge in [-0.3, -0.25) is 0 Å². The van der Waals surface area contributed by atoms with E-state index in [1.165, 1.54) is 0 Å². The molecule has 0 bridgehead atoms. The van der Waals surface area contributed by atoms with Crippen LogP contribution in [0.2, 0.25) is 0 Å². The predicted molar refractivity (Wildman–Crippen MR) is 54.3 cm³/mol. The zero-order valence-corrected chi connectivity index (χ0v) is 9.08. The highest BCUT2D eigenvalue weighted by Crippen LogP contribution is 2.13. The summed E-state index contributed by atoms with van der Waals surface area (Å²) in [6.07, 6.45) is 1.09. The van der Waals surface area contributed by atoms with Crippen molar-refractivity contribution < 1.29 is 14.6 Å². The molecule has 2 atom stereocenters. The molecule has 0 aromatic heterocycles. The van der Waals surface area contributed by atoms with E-state index in [1.54, 1.807) is 0 Å². The van der Waals surface area contributed by atoms with Crippen LogP contribution in [-0.4, -0.2) is 50.7 Å². The summed E-state index contributed by atoms with van der Waals surface area (Å²) in [4.78, 5) is 0. The van der Waals surface area contributed by atoms with Crippen molar-refractivity contribution in [2.24, 2.45) is 5.92 Å². The number of aliphatic hydroxyl groups is 1. The Morgan fingerprint density at radius 2 is 2.43 bits per heavy atom. The van der Waals surface area contributed by atoms with E-state index >= 15 is 0 Å². The first-order valence-corrected chi connectivity index (χ1v) is 5.15. The van der Waals surface area contributed by atoms with Crippen LogP contribution in [0.4, 0.5) is 0 Å². The Bertz CT molecular complexity index is 153. The van der Waals surface area contributed by atoms with Crippen LogP contribution in [0.1, 0.15) is 13.3 Å². The first-order valence-electron chi connectivity index (χ1n) is 5.15. The number of nitrogens with one attached hydrogen (secondary N) is 1. The van der Waals surface area contributed by atoms with E-state index < -0.39 is 0 Å². The Balaban J connectivity index is 2.12. The Kier molecular flexibility index (Phi) is 4.81. The van der Waals surface area contributed by atoms with Crippen LogP contribution in [0, 0.1) is 5.92 Å². The Hall–Kier alpha value is -0.160. The zero-order chi connectivity index (χ0) is 10.4. The summed E-state index contributed by atoms with van der Waals surface area (Å²) in [5.41, 5.74) is -0.320. The lowest BCUT2D eigenvalue weighted by atomic mass is 10.1. The number of hydrogen-bond donors (Lipinski definition) is 2. The molecule has 1 heterocycles. The second-order valence-electron chi connectivity index (χ2n) is 4.21. The van der Waals surface area contributed by atoms with Crippen molar-refractivity contribution in [2.75, 3.05) is 40.1 Å². The van der Waals surface area contributed by atoms with Gasteiger partial charge in [-0.15, -0.1) is 0 Å². The van der Waals surface area contributed by atoms with Gasteiger partial charge in [-0.05, 0) is 20.4 Å². The molecule has 1 aliphatic rings. The minimum absolute atomic E-state index is 0.0880. The Morgan fingerprint density at radius 1 is 1.64 bits per heavy atom. The Morgan fingerprint density at radius 3 is 2.93 bits per heavy atom. The first-order chi connectivity index (χ1) is 6.70. The van der Waals surface area contributed by atoms with Gasteiger partial charge in [0.2, 0.25) is 0 Å². The lowest BCUT2D eigenvalue weighted by Gasteiger charge is -2.26. The molecular formula is C10H21NO3. The molecule has 0 spiro atoms. The third-order valence-corrected chi connectivity index (χ3v) is 2.75. The van der Waals surface area contributed by atoms with E-state index in [9.17, 15) is 0 Å². The molecule has 4 nitrogen and oxygen atoms in total. The molecular weight excluding hydrogens is 182 g/mol. The van der Waals surface area contributed by atoms with Crippen molar-refractivity contribution in [3.63, 3.8) is 0 Å². The van der Waals surface area contributed by atoms with E-state index in [0.29, 0.717) is 12.5 Å². The van der Waals surface area contributed by atoms with E-state index in [0.717, 1.165) is 26.2 Å². The third-order valence-electron chi connectivity index (χ3n) is 2.75. The normalized spacial score (nSPS) is 26.4. The second-order valence-corrected chi connectivity index (χ2v) is 4.21. The molecule has 0 aromatic rings. The van der Waals surface area contributed by atoms with Crippen molar-refractivity contribution in [3.05, 3.63) is 0 Å². The molecule has 4 heteroatoms. The smallest absolute Gasteiger partial charge is 0.0668 e. The van der Waals surface area contributed by atoms with Crippen LogP contribution in [0.15, 0.2) is 0 Å². The number of ether oxygens (including phenoxy) is 2. The minimum Gasteiger partial charge on any atom is -0.394 e. The van der Waals surface area contributed by atoms with Crippen molar-refractivity contribution >= 4 is 0 Å². The Labute approximate surface area is 85.6 Å². The highest BCUT2D eigenvalue weighted by atomic mass is 16.5. The molecule has 0 radical (unpaired) electrons. The average Bonchev–Trinajstić information content (AvgIpc) is 2.70. The monoisotopic (exact) mass is 203 g/mol. The summed E-state index contributed by atoms with van der Waals surface area (Å²) >= 11 is 0. The van der Waals surface area contributed by atoms with Gasteiger partial charge in [-0.25, -0.2) is 0 Å². The van der Waals surface area contributed by atoms with Gasteiger partial charge in [0, 0.05) is 12.5 Å². The molecule has 0 aliphatic carbocycles. The summed E-state index contributed by atoms with van der Waals surface area (Å²) in [6.45, 7) is 4.98. The lowest BCUT2D eigenvalue weighted by Crippen LogP contribution is -2.47. The summed E-state index contributed by atoms with van der Waals surface area (Å²) in [5.74, 6) is 0.537. The maximum atomic E-state index is 9.11. The molecule has 1 saturated heterocycles. The van der Waals surface area contributed by atoms with Gasteiger partial charge in [0.15, 0.2) is 0 Å². The standard InChI is InChI=1S/C10H21NO3/c1-10(7-12,11-2)8-14-6-9-3-4-13-5-9/h9,11-12H,3-8H2,1-2H3. The molecule has 2 N–H and O–H groups in total. The van der Waals surface area contributed by atoms with E-state index in [1.807, 2.05) is 14.0 Å². The molecule has 1 rings (SSSR count). The van der Waals surface area contributed by atoms with E-state index in [-0.39, 0.29) is 12.1 Å². The minimum atomic E-state index is -0.320. The van der Waals surface area contributed by atoms with Crippen LogP contribution < -0.4 is 5.32 Å². The van der Waals surface area contributed by atoms with Gasteiger partial charge in [-0.1, -0.05) is 0 Å². The van der Waals surface area contributed by atoms with E-state index in [4.69, 9.17) is 14.6 Å². The summed E-state index contributed by atoms with van der Waals surface area (Å²) in [5, 5.41) is 12.2. The van der Waals surface area contributed by atoms with Gasteiger partial charge >= 0.3 is 0 Å². The molecule has 1 aliphatic heterocycles. The van der Waals surface area contributed by atoms with Crippen LogP contribution in [0.5, 0.6) is 0 Å². The number of aliphatic hydroxyl groups excluding tert-OH is 1. The van der Waals surface area contributed by atoms with Gasteiger partial charge < -0.3 is 19.9 Å². The van der Waals surface area contributed by atoms with Crippen LogP contribution >= 0.6 is 0 Å². The van der Waals surface area contributed by atoms with Crippen LogP contribution in [0.25, 0.3) is 0 Å². The average molecular weight is 203 g/mol. The fraction of sp³-hybridized carbons (Fsp3) is 1.00. The maximum absolute atomic E-state index is 9.11. The summed E-state index contributed by atoms with van der Waals surface area (Å²) in [6, 6.07) is 0. The summed E-state index contributed by atoms with van der Waals surface area (Å²) < 4.78 is 10.8. The number of rotatable bonds is 6. The number of likely N-dealkylation sites (N-methyl/N-ethyl adjacent to an activating group) is 1. The van der Waals surface area contributed by atoms with Gasteiger partial charge in [0.25, 0.3) is 0 Å². The van der Waals surface area contributed by atoms with Crippen LogP contribution in [-0.2, 0) is 9.47 Å². The number of hydrogen-bond acceptors (Lipinski definition) is 4. The van der Waals surface area contributed by atoms with Crippen LogP contribution in [0.3, 0.4) is 0 Å². The highest BCUT2D eigenvalue weighted by Gasteiger charge is 2.22. The fourth-order valence-electron chi connectivity index (χ4n) is 1.36. The molecule has 14 heavy (non-hydrogen) atoms. The first kappa shape index (κ1) is 11.9. The van der Waals surface area contributed by atoms with Crippen molar-refractivity contribution in [1.29, 1.82) is 0 Å². The van der Waals surface area contributed by atoms with Gasteiger partial charge in [0.1, 0.15) is 0 Å². The van der Waals surface area contributed by atoms with Gasteiger partial charge in [0.05, 0.1) is 32.0 Å². The topological polar surface area (TPSA) is 50.7 Å². The molecule has 0 aromatic carbocycles. The third kappa shape index (κ3) is 3.53. The predicted octanol–water partition coefficient (Wildman–Crippen LogP) is 0.00990. The molecule has 0 amide bonds. The summed E-state index contributed by atoms with van der Waals surface area (Å²) in [7, 11) is 1.83. The quantitative estimate of drug-likeness (QED) is 0.638. The SMILES string of the molecule is CNC(C)(CO)COCC1CCOC1. The second kappa shape index (κ2) is 5.66. The zero-order valence-electron chi connectivity index (χ0n) is 9.08. The molecule has 0 saturated carbocycles. The lowest BCUT2D eigenvalue weighted by molar-refractivity contribution is 0.0287. The maximum Gasteiger partial charge on any atom is 0.0668 e. The fourth-order valence-corrected chi connectivity index (χ4v) is 1.36. The largest absolute Gasteiger partial charge is 0.394 e. The molecule has 1 fully saturated rings. The van der Waals surface area contributed by atoms with E-state index in [2.05, 4.69) is 5.32 Å².